The van der Waals surface area contributed by atoms with E-state index in [1.807, 2.05) is 25.7 Å². The largest absolute Gasteiger partial charge is 0.312 e. The molecule has 1 N–H and O–H groups in total. The lowest BCUT2D eigenvalue weighted by molar-refractivity contribution is 0.611. The van der Waals surface area contributed by atoms with Gasteiger partial charge in [0.15, 0.2) is 0 Å². The quantitative estimate of drug-likeness (QED) is 0.617. The zero-order chi connectivity index (χ0) is 11.8. The SMILES string of the molecule is CC#CCC(NC)c1ccc(SCC)cc1. The zero-order valence-corrected chi connectivity index (χ0v) is 11.0. The second-order valence-electron chi connectivity index (χ2n) is 3.47. The highest BCUT2D eigenvalue weighted by atomic mass is 32.2. The van der Waals surface area contributed by atoms with Crippen molar-refractivity contribution < 1.29 is 0 Å². The smallest absolute Gasteiger partial charge is 0.0428 e. The van der Waals surface area contributed by atoms with E-state index >= 15 is 0 Å². The van der Waals surface area contributed by atoms with Crippen LogP contribution in [0.4, 0.5) is 0 Å². The fraction of sp³-hybridized carbons (Fsp3) is 0.429. The molecule has 1 aromatic rings. The minimum Gasteiger partial charge on any atom is -0.312 e. The molecule has 0 aliphatic carbocycles. The molecule has 0 radical (unpaired) electrons. The molecular formula is C14H19NS. The van der Waals surface area contributed by atoms with Gasteiger partial charge >= 0.3 is 0 Å². The predicted octanol–water partition coefficient (Wildman–Crippen LogP) is 3.47. The van der Waals surface area contributed by atoms with Crippen molar-refractivity contribution in [2.45, 2.75) is 31.2 Å². The van der Waals surface area contributed by atoms with Crippen LogP contribution >= 0.6 is 11.8 Å². The molecular weight excluding hydrogens is 214 g/mol. The van der Waals surface area contributed by atoms with Crippen LogP contribution in [0.5, 0.6) is 0 Å². The van der Waals surface area contributed by atoms with E-state index in [1.165, 1.54) is 10.5 Å². The predicted molar refractivity (Wildman–Crippen MR) is 72.7 cm³/mol. The van der Waals surface area contributed by atoms with E-state index in [0.29, 0.717) is 6.04 Å². The maximum atomic E-state index is 3.30. The summed E-state index contributed by atoms with van der Waals surface area (Å²) in [6, 6.07) is 9.10. The first-order valence-corrected chi connectivity index (χ1v) is 6.60. The highest BCUT2D eigenvalue weighted by molar-refractivity contribution is 7.99. The first-order valence-electron chi connectivity index (χ1n) is 5.61. The maximum absolute atomic E-state index is 3.30. The topological polar surface area (TPSA) is 12.0 Å². The van der Waals surface area contributed by atoms with Gasteiger partial charge in [0.1, 0.15) is 0 Å². The van der Waals surface area contributed by atoms with Crippen molar-refractivity contribution in [1.29, 1.82) is 0 Å². The van der Waals surface area contributed by atoms with E-state index in [0.717, 1.165) is 12.2 Å². The molecule has 0 saturated carbocycles. The molecule has 0 fully saturated rings. The summed E-state index contributed by atoms with van der Waals surface area (Å²) in [5.74, 6) is 7.18. The van der Waals surface area contributed by atoms with Gasteiger partial charge in [-0.25, -0.2) is 0 Å². The molecule has 1 nitrogen and oxygen atoms in total. The van der Waals surface area contributed by atoms with Gasteiger partial charge in [0.2, 0.25) is 0 Å². The van der Waals surface area contributed by atoms with Gasteiger partial charge in [0.25, 0.3) is 0 Å². The number of thioether (sulfide) groups is 1. The zero-order valence-electron chi connectivity index (χ0n) is 10.2. The summed E-state index contributed by atoms with van der Waals surface area (Å²) in [6.45, 7) is 4.06. The highest BCUT2D eigenvalue weighted by Gasteiger charge is 2.06. The highest BCUT2D eigenvalue weighted by Crippen LogP contribution is 2.21. The number of rotatable bonds is 5. The molecule has 1 aromatic carbocycles. The number of nitrogens with one attached hydrogen (secondary N) is 1. The van der Waals surface area contributed by atoms with Crippen LogP contribution in [0.1, 0.15) is 31.9 Å². The second-order valence-corrected chi connectivity index (χ2v) is 4.81. The second kappa shape index (κ2) is 7.38. The third-order valence-electron chi connectivity index (χ3n) is 2.42. The van der Waals surface area contributed by atoms with Crippen LogP contribution < -0.4 is 5.32 Å². The minimum atomic E-state index is 0.341. The Labute approximate surface area is 103 Å². The molecule has 0 aromatic heterocycles. The van der Waals surface area contributed by atoms with Crippen molar-refractivity contribution in [2.75, 3.05) is 12.8 Å². The van der Waals surface area contributed by atoms with Crippen LogP contribution in [-0.4, -0.2) is 12.8 Å². The lowest BCUT2D eigenvalue weighted by Gasteiger charge is -2.13. The Kier molecular flexibility index (Phi) is 6.07. The average Bonchev–Trinajstić information content (AvgIpc) is 2.32. The summed E-state index contributed by atoms with van der Waals surface area (Å²) in [5, 5.41) is 3.30. The first kappa shape index (κ1) is 13.2. The molecule has 2 heteroatoms. The first-order chi connectivity index (χ1) is 7.81. The van der Waals surface area contributed by atoms with Gasteiger partial charge in [-0.2, -0.15) is 0 Å². The summed E-state index contributed by atoms with van der Waals surface area (Å²) >= 11 is 1.87. The molecule has 0 aliphatic rings. The summed E-state index contributed by atoms with van der Waals surface area (Å²) in [6.07, 6.45) is 0.868. The number of benzene rings is 1. The molecule has 0 heterocycles. The summed E-state index contributed by atoms with van der Waals surface area (Å²) in [4.78, 5) is 1.34. The Morgan fingerprint density at radius 2 is 2.00 bits per heavy atom. The summed E-state index contributed by atoms with van der Waals surface area (Å²) in [5.41, 5.74) is 1.31. The Bertz CT molecular complexity index is 359. The van der Waals surface area contributed by atoms with Crippen LogP contribution in [0.25, 0.3) is 0 Å². The molecule has 0 amide bonds. The van der Waals surface area contributed by atoms with Crippen molar-refractivity contribution in [3.8, 4) is 11.8 Å². The molecule has 0 bridgehead atoms. The van der Waals surface area contributed by atoms with Gasteiger partial charge in [-0.1, -0.05) is 19.1 Å². The van der Waals surface area contributed by atoms with E-state index in [4.69, 9.17) is 0 Å². The Morgan fingerprint density at radius 1 is 1.31 bits per heavy atom. The van der Waals surface area contributed by atoms with Crippen LogP contribution in [0.15, 0.2) is 29.2 Å². The van der Waals surface area contributed by atoms with E-state index in [1.54, 1.807) is 0 Å². The minimum absolute atomic E-state index is 0.341. The van der Waals surface area contributed by atoms with Gasteiger partial charge in [0.05, 0.1) is 0 Å². The number of hydrogen-bond acceptors (Lipinski definition) is 2. The molecule has 1 unspecified atom stereocenters. The van der Waals surface area contributed by atoms with Gasteiger partial charge in [0, 0.05) is 17.4 Å². The van der Waals surface area contributed by atoms with E-state index in [9.17, 15) is 0 Å². The van der Waals surface area contributed by atoms with Gasteiger partial charge in [-0.3, -0.25) is 0 Å². The van der Waals surface area contributed by atoms with Gasteiger partial charge in [-0.15, -0.1) is 23.6 Å². The molecule has 86 valence electrons. The van der Waals surface area contributed by atoms with Crippen molar-refractivity contribution in [3.63, 3.8) is 0 Å². The summed E-state index contributed by atoms with van der Waals surface area (Å²) in [7, 11) is 1.98. The lowest BCUT2D eigenvalue weighted by Crippen LogP contribution is -2.15. The van der Waals surface area contributed by atoms with E-state index in [-0.39, 0.29) is 0 Å². The van der Waals surface area contributed by atoms with Gasteiger partial charge in [-0.05, 0) is 37.4 Å². The van der Waals surface area contributed by atoms with E-state index in [2.05, 4.69) is 48.3 Å². The van der Waals surface area contributed by atoms with Crippen molar-refractivity contribution >= 4 is 11.8 Å². The van der Waals surface area contributed by atoms with E-state index < -0.39 is 0 Å². The summed E-state index contributed by atoms with van der Waals surface area (Å²) < 4.78 is 0. The van der Waals surface area contributed by atoms with Crippen LogP contribution in [-0.2, 0) is 0 Å². The van der Waals surface area contributed by atoms with Crippen LogP contribution in [0, 0.1) is 11.8 Å². The van der Waals surface area contributed by atoms with Crippen molar-refractivity contribution in [2.24, 2.45) is 0 Å². The average molecular weight is 233 g/mol. The Morgan fingerprint density at radius 3 is 2.50 bits per heavy atom. The molecule has 0 saturated heterocycles. The van der Waals surface area contributed by atoms with Crippen LogP contribution in [0.3, 0.4) is 0 Å². The third kappa shape index (κ3) is 3.92. The molecule has 1 rings (SSSR count). The Balaban J connectivity index is 2.72. The fourth-order valence-corrected chi connectivity index (χ4v) is 2.22. The lowest BCUT2D eigenvalue weighted by atomic mass is 10.0. The standard InChI is InChI=1S/C14H19NS/c1-4-6-7-14(15-3)12-8-10-13(11-9-12)16-5-2/h8-11,14-15H,5,7H2,1-3H3. The third-order valence-corrected chi connectivity index (χ3v) is 3.32. The van der Waals surface area contributed by atoms with Crippen molar-refractivity contribution in [3.05, 3.63) is 29.8 Å². The normalized spacial score (nSPS) is 11.7. The number of hydrogen-bond donors (Lipinski definition) is 1. The maximum Gasteiger partial charge on any atom is 0.0428 e. The van der Waals surface area contributed by atoms with Crippen molar-refractivity contribution in [1.82, 2.24) is 5.32 Å². The Hall–Kier alpha value is -0.910. The molecule has 1 atom stereocenters. The molecule has 0 aliphatic heterocycles. The monoisotopic (exact) mass is 233 g/mol. The van der Waals surface area contributed by atoms with Crippen LogP contribution in [0.2, 0.25) is 0 Å². The molecule has 0 spiro atoms. The molecule has 16 heavy (non-hydrogen) atoms. The van der Waals surface area contributed by atoms with Gasteiger partial charge < -0.3 is 5.32 Å². The fourth-order valence-electron chi connectivity index (χ4n) is 1.55.